The van der Waals surface area contributed by atoms with Crippen molar-refractivity contribution >= 4 is 23.2 Å². The maximum Gasteiger partial charge on any atom is 0.0643 e. The maximum absolute atomic E-state index is 6.27. The Balaban J connectivity index is 1.72. The van der Waals surface area contributed by atoms with Crippen LogP contribution >= 0.6 is 23.2 Å². The van der Waals surface area contributed by atoms with Gasteiger partial charge < -0.3 is 5.73 Å². The minimum atomic E-state index is -0.192. The standard InChI is InChI=1S/C16H19Cl2N3/c17-14-7-3-6-13(16(14)18)15(19)10-11-8-9-21(20-11)12-4-1-2-5-12/h3,6-9,12,15H,1-2,4-5,10,19H2. The molecule has 0 bridgehead atoms. The van der Waals surface area contributed by atoms with Crippen LogP contribution < -0.4 is 5.73 Å². The molecule has 112 valence electrons. The lowest BCUT2D eigenvalue weighted by Gasteiger charge is -2.13. The van der Waals surface area contributed by atoms with Crippen LogP contribution in [-0.2, 0) is 6.42 Å². The molecule has 1 aliphatic carbocycles. The monoisotopic (exact) mass is 323 g/mol. The van der Waals surface area contributed by atoms with Gasteiger partial charge in [0.1, 0.15) is 0 Å². The van der Waals surface area contributed by atoms with E-state index in [0.717, 1.165) is 11.3 Å². The van der Waals surface area contributed by atoms with Crippen LogP contribution in [0.1, 0.15) is 49.0 Å². The molecule has 0 radical (unpaired) electrons. The molecule has 21 heavy (non-hydrogen) atoms. The Labute approximate surface area is 135 Å². The Morgan fingerprint density at radius 1 is 1.24 bits per heavy atom. The SMILES string of the molecule is NC(Cc1ccn(C2CCCC2)n1)c1cccc(Cl)c1Cl. The highest BCUT2D eigenvalue weighted by Gasteiger charge is 2.19. The van der Waals surface area contributed by atoms with Crippen molar-refractivity contribution in [3.63, 3.8) is 0 Å². The average Bonchev–Trinajstić information content (AvgIpc) is 3.12. The summed E-state index contributed by atoms with van der Waals surface area (Å²) < 4.78 is 2.09. The highest BCUT2D eigenvalue weighted by atomic mass is 35.5. The zero-order valence-corrected chi connectivity index (χ0v) is 13.3. The maximum atomic E-state index is 6.27. The molecule has 1 saturated carbocycles. The second kappa shape index (κ2) is 6.39. The second-order valence-corrected chi connectivity index (χ2v) is 6.46. The van der Waals surface area contributed by atoms with E-state index in [0.29, 0.717) is 22.5 Å². The molecule has 2 N–H and O–H groups in total. The predicted octanol–water partition coefficient (Wildman–Crippen LogP) is 4.55. The van der Waals surface area contributed by atoms with E-state index in [4.69, 9.17) is 28.9 Å². The van der Waals surface area contributed by atoms with Gasteiger partial charge in [0.25, 0.3) is 0 Å². The Morgan fingerprint density at radius 3 is 2.76 bits per heavy atom. The molecule has 0 amide bonds. The molecule has 1 heterocycles. The fourth-order valence-electron chi connectivity index (χ4n) is 3.00. The quantitative estimate of drug-likeness (QED) is 0.897. The highest BCUT2D eigenvalue weighted by molar-refractivity contribution is 6.42. The van der Waals surface area contributed by atoms with E-state index in [-0.39, 0.29) is 6.04 Å². The van der Waals surface area contributed by atoms with Gasteiger partial charge in [-0.25, -0.2) is 0 Å². The zero-order chi connectivity index (χ0) is 14.8. The Kier molecular flexibility index (Phi) is 4.53. The van der Waals surface area contributed by atoms with Crippen LogP contribution in [0.2, 0.25) is 10.0 Å². The fraction of sp³-hybridized carbons (Fsp3) is 0.438. The number of halogens is 2. The molecule has 0 spiro atoms. The molecule has 1 aromatic heterocycles. The summed E-state index contributed by atoms with van der Waals surface area (Å²) in [5.74, 6) is 0. The first-order chi connectivity index (χ1) is 10.1. The molecule has 0 saturated heterocycles. The lowest BCUT2D eigenvalue weighted by Crippen LogP contribution is -2.15. The third-order valence-electron chi connectivity index (χ3n) is 4.17. The number of hydrogen-bond acceptors (Lipinski definition) is 2. The van der Waals surface area contributed by atoms with E-state index < -0.39 is 0 Å². The lowest BCUT2D eigenvalue weighted by molar-refractivity contribution is 0.461. The Bertz CT molecular complexity index is 618. The zero-order valence-electron chi connectivity index (χ0n) is 11.8. The number of benzene rings is 1. The van der Waals surface area contributed by atoms with Gasteiger partial charge in [0.2, 0.25) is 0 Å². The average molecular weight is 324 g/mol. The van der Waals surface area contributed by atoms with Gasteiger partial charge in [0.15, 0.2) is 0 Å². The van der Waals surface area contributed by atoms with Crippen LogP contribution in [0, 0.1) is 0 Å². The number of rotatable bonds is 4. The van der Waals surface area contributed by atoms with Crippen molar-refractivity contribution in [3.8, 4) is 0 Å². The molecule has 1 aliphatic rings. The summed E-state index contributed by atoms with van der Waals surface area (Å²) in [4.78, 5) is 0. The van der Waals surface area contributed by atoms with Crippen LogP contribution in [0.15, 0.2) is 30.5 Å². The van der Waals surface area contributed by atoms with Gasteiger partial charge in [-0.1, -0.05) is 48.2 Å². The largest absolute Gasteiger partial charge is 0.324 e. The fourth-order valence-corrected chi connectivity index (χ4v) is 3.45. The lowest BCUT2D eigenvalue weighted by atomic mass is 10.0. The van der Waals surface area contributed by atoms with E-state index in [1.165, 1.54) is 25.7 Å². The summed E-state index contributed by atoms with van der Waals surface area (Å²) >= 11 is 12.3. The van der Waals surface area contributed by atoms with Gasteiger partial charge >= 0.3 is 0 Å². The highest BCUT2D eigenvalue weighted by Crippen LogP contribution is 2.31. The predicted molar refractivity (Wildman–Crippen MR) is 86.8 cm³/mol. The minimum absolute atomic E-state index is 0.192. The molecular formula is C16H19Cl2N3. The van der Waals surface area contributed by atoms with E-state index in [1.54, 1.807) is 6.07 Å². The van der Waals surface area contributed by atoms with Crippen molar-refractivity contribution in [2.45, 2.75) is 44.2 Å². The summed E-state index contributed by atoms with van der Waals surface area (Å²) in [6.45, 7) is 0. The molecule has 1 fully saturated rings. The Hall–Kier alpha value is -1.03. The van der Waals surface area contributed by atoms with Crippen LogP contribution in [0.4, 0.5) is 0 Å². The molecule has 1 unspecified atom stereocenters. The van der Waals surface area contributed by atoms with Gasteiger partial charge in [-0.15, -0.1) is 0 Å². The molecule has 3 rings (SSSR count). The molecular weight excluding hydrogens is 305 g/mol. The second-order valence-electron chi connectivity index (χ2n) is 5.68. The summed E-state index contributed by atoms with van der Waals surface area (Å²) in [7, 11) is 0. The number of nitrogens with zero attached hydrogens (tertiary/aromatic N) is 2. The van der Waals surface area contributed by atoms with Crippen molar-refractivity contribution in [3.05, 3.63) is 51.8 Å². The summed E-state index contributed by atoms with van der Waals surface area (Å²) in [5, 5.41) is 5.76. The molecule has 1 atom stereocenters. The number of nitrogens with two attached hydrogens (primary N) is 1. The first kappa shape index (κ1) is 14.9. The van der Waals surface area contributed by atoms with E-state index in [1.807, 2.05) is 12.1 Å². The van der Waals surface area contributed by atoms with Crippen LogP contribution in [0.5, 0.6) is 0 Å². The third kappa shape index (κ3) is 3.25. The van der Waals surface area contributed by atoms with Crippen molar-refractivity contribution in [1.29, 1.82) is 0 Å². The van der Waals surface area contributed by atoms with Crippen LogP contribution in [0.3, 0.4) is 0 Å². The smallest absolute Gasteiger partial charge is 0.0643 e. The Morgan fingerprint density at radius 2 is 2.00 bits per heavy atom. The van der Waals surface area contributed by atoms with Gasteiger partial charge in [0, 0.05) is 18.7 Å². The van der Waals surface area contributed by atoms with Crippen molar-refractivity contribution < 1.29 is 0 Å². The number of hydrogen-bond donors (Lipinski definition) is 1. The normalized spacial score (nSPS) is 17.3. The van der Waals surface area contributed by atoms with Crippen LogP contribution in [-0.4, -0.2) is 9.78 Å². The summed E-state index contributed by atoms with van der Waals surface area (Å²) in [5.41, 5.74) is 8.15. The number of aromatic nitrogens is 2. The van der Waals surface area contributed by atoms with Crippen molar-refractivity contribution in [2.75, 3.05) is 0 Å². The molecule has 5 heteroatoms. The van der Waals surface area contributed by atoms with Gasteiger partial charge in [0.05, 0.1) is 21.8 Å². The minimum Gasteiger partial charge on any atom is -0.324 e. The summed E-state index contributed by atoms with van der Waals surface area (Å²) in [6.07, 6.45) is 7.80. The third-order valence-corrected chi connectivity index (χ3v) is 5.01. The molecule has 0 aliphatic heterocycles. The molecule has 1 aromatic carbocycles. The van der Waals surface area contributed by atoms with Crippen molar-refractivity contribution in [1.82, 2.24) is 9.78 Å². The van der Waals surface area contributed by atoms with Gasteiger partial charge in [-0.2, -0.15) is 5.10 Å². The first-order valence-corrected chi connectivity index (χ1v) is 8.14. The van der Waals surface area contributed by atoms with Crippen molar-refractivity contribution in [2.24, 2.45) is 5.73 Å². The summed E-state index contributed by atoms with van der Waals surface area (Å²) in [6, 6.07) is 7.99. The van der Waals surface area contributed by atoms with E-state index in [2.05, 4.69) is 22.0 Å². The van der Waals surface area contributed by atoms with Crippen LogP contribution in [0.25, 0.3) is 0 Å². The van der Waals surface area contributed by atoms with E-state index in [9.17, 15) is 0 Å². The molecule has 3 nitrogen and oxygen atoms in total. The molecule has 2 aromatic rings. The first-order valence-electron chi connectivity index (χ1n) is 7.38. The van der Waals surface area contributed by atoms with Gasteiger partial charge in [-0.3, -0.25) is 4.68 Å². The topological polar surface area (TPSA) is 43.8 Å². The van der Waals surface area contributed by atoms with E-state index >= 15 is 0 Å². The van der Waals surface area contributed by atoms with Gasteiger partial charge in [-0.05, 0) is 30.5 Å².